The molecule has 3 heterocycles. The average Bonchev–Trinajstić information content (AvgIpc) is 3.22. The van der Waals surface area contributed by atoms with E-state index in [0.717, 1.165) is 28.0 Å². The molecule has 3 aromatic rings. The summed E-state index contributed by atoms with van der Waals surface area (Å²) in [5.74, 6) is -3.04. The third-order valence-electron chi connectivity index (χ3n) is 7.18. The molecule has 210 valence electrons. The van der Waals surface area contributed by atoms with Gasteiger partial charge < -0.3 is 10.1 Å². The molecule has 0 bridgehead atoms. The summed E-state index contributed by atoms with van der Waals surface area (Å²) in [5, 5.41) is 2.57. The van der Waals surface area contributed by atoms with E-state index in [2.05, 4.69) is 10.3 Å². The van der Waals surface area contributed by atoms with E-state index in [4.69, 9.17) is 17.0 Å². The van der Waals surface area contributed by atoms with E-state index in [1.54, 1.807) is 19.9 Å². The van der Waals surface area contributed by atoms with Crippen LogP contribution in [0.5, 0.6) is 0 Å². The summed E-state index contributed by atoms with van der Waals surface area (Å²) in [5.41, 5.74) is 4.48. The number of ether oxygens (including phenoxy) is 1. The number of hydrogen-bond acceptors (Lipinski definition) is 8. The Bertz CT molecular complexity index is 1840. The summed E-state index contributed by atoms with van der Waals surface area (Å²) in [6.07, 6.45) is 1.35. The molecule has 1 N–H and O–H groups in total. The number of aromatic nitrogens is 1. The molecule has 1 saturated heterocycles. The molecule has 2 amide bonds. The number of nitrogens with zero attached hydrogens (tertiary/aromatic N) is 3. The van der Waals surface area contributed by atoms with Crippen LogP contribution in [0.15, 0.2) is 63.5 Å². The van der Waals surface area contributed by atoms with Gasteiger partial charge in [-0.25, -0.2) is 9.79 Å². The van der Waals surface area contributed by atoms with Crippen molar-refractivity contribution in [2.75, 3.05) is 11.5 Å². The Kier molecular flexibility index (Phi) is 7.58. The number of fused-ring (bicyclic) bond motifs is 1. The summed E-state index contributed by atoms with van der Waals surface area (Å²) in [4.78, 5) is 59.8. The molecular weight excluding hydrogens is 560 g/mol. The molecule has 11 heteroatoms. The van der Waals surface area contributed by atoms with E-state index in [9.17, 15) is 19.2 Å². The van der Waals surface area contributed by atoms with E-state index in [-0.39, 0.29) is 21.8 Å². The van der Waals surface area contributed by atoms with Gasteiger partial charge in [0.2, 0.25) is 11.8 Å². The highest BCUT2D eigenvalue weighted by atomic mass is 32.1. The SMILES string of the molecule is CCOC(=O)C1=C(C)N=c2s/c(=C\[C@H]3C(=O)NC(=S)N(c4ccc(C)c(C)c4)C3=O)c(=O)n2[C@@H]1c1ccc(C)cc1. The number of carbonyl (C=O) groups excluding carboxylic acids is 3. The van der Waals surface area contributed by atoms with E-state index in [1.165, 1.54) is 15.5 Å². The number of anilines is 1. The largest absolute Gasteiger partial charge is 0.463 e. The van der Waals surface area contributed by atoms with Gasteiger partial charge in [-0.15, -0.1) is 0 Å². The lowest BCUT2D eigenvalue weighted by atomic mass is 9.95. The highest BCUT2D eigenvalue weighted by Crippen LogP contribution is 2.31. The van der Waals surface area contributed by atoms with Crippen molar-refractivity contribution in [1.82, 2.24) is 9.88 Å². The number of aryl methyl sites for hydroxylation is 3. The van der Waals surface area contributed by atoms with Crippen molar-refractivity contribution in [3.63, 3.8) is 0 Å². The van der Waals surface area contributed by atoms with Crippen molar-refractivity contribution in [3.8, 4) is 0 Å². The number of allylic oxidation sites excluding steroid dienone is 1. The van der Waals surface area contributed by atoms with Crippen molar-refractivity contribution >= 4 is 58.2 Å². The Morgan fingerprint density at radius 1 is 1.07 bits per heavy atom. The quantitative estimate of drug-likeness (QED) is 0.279. The third kappa shape index (κ3) is 5.07. The first-order valence-electron chi connectivity index (χ1n) is 13.0. The predicted octanol–water partition coefficient (Wildman–Crippen LogP) is 2.74. The normalized spacial score (nSPS) is 19.2. The number of esters is 1. The van der Waals surface area contributed by atoms with E-state index in [1.807, 2.05) is 57.2 Å². The van der Waals surface area contributed by atoms with Gasteiger partial charge >= 0.3 is 5.97 Å². The number of hydrogen-bond donors (Lipinski definition) is 1. The van der Waals surface area contributed by atoms with Gasteiger partial charge in [-0.3, -0.25) is 23.9 Å². The maximum absolute atomic E-state index is 13.9. The van der Waals surface area contributed by atoms with Crippen LogP contribution in [0.1, 0.15) is 42.1 Å². The number of carbonyl (C=O) groups is 3. The maximum Gasteiger partial charge on any atom is 0.338 e. The molecule has 0 saturated carbocycles. The highest BCUT2D eigenvalue weighted by molar-refractivity contribution is 7.80. The van der Waals surface area contributed by atoms with E-state index >= 15 is 0 Å². The standard InChI is InChI=1S/C30H28N4O5S2/c1-6-39-28(38)23-18(5)31-30-34(24(23)19-10-7-15(2)8-11-19)27(37)22(41-30)14-21-25(35)32-29(40)33(26(21)36)20-12-9-16(3)17(4)13-20/h7-14,21,24H,6H2,1-5H3,(H,32,35,40)/b22-14-/t21-,24+/m0/s1. The Balaban J connectivity index is 1.64. The molecule has 1 fully saturated rings. The van der Waals surface area contributed by atoms with Gasteiger partial charge in [0.1, 0.15) is 5.92 Å². The summed E-state index contributed by atoms with van der Waals surface area (Å²) < 4.78 is 6.91. The first kappa shape index (κ1) is 28.3. The van der Waals surface area contributed by atoms with Gasteiger partial charge in [-0.1, -0.05) is 47.2 Å². The number of benzene rings is 2. The zero-order valence-electron chi connectivity index (χ0n) is 23.2. The summed E-state index contributed by atoms with van der Waals surface area (Å²) in [7, 11) is 0. The second kappa shape index (κ2) is 11.0. The van der Waals surface area contributed by atoms with Crippen LogP contribution in [0.25, 0.3) is 6.08 Å². The fourth-order valence-electron chi connectivity index (χ4n) is 4.87. The van der Waals surface area contributed by atoms with Gasteiger partial charge in [-0.2, -0.15) is 0 Å². The molecule has 2 aliphatic heterocycles. The van der Waals surface area contributed by atoms with Gasteiger partial charge in [-0.05, 0) is 81.7 Å². The molecule has 41 heavy (non-hydrogen) atoms. The topological polar surface area (TPSA) is 110 Å². The summed E-state index contributed by atoms with van der Waals surface area (Å²) in [6.45, 7) is 9.40. The number of amides is 2. The molecule has 1 aromatic heterocycles. The van der Waals surface area contributed by atoms with E-state index in [0.29, 0.717) is 21.7 Å². The van der Waals surface area contributed by atoms with Crippen LogP contribution < -0.4 is 25.1 Å². The molecule has 2 aliphatic rings. The summed E-state index contributed by atoms with van der Waals surface area (Å²) >= 11 is 6.39. The van der Waals surface area contributed by atoms with Gasteiger partial charge in [0, 0.05) is 0 Å². The molecule has 0 unspecified atom stereocenters. The highest BCUT2D eigenvalue weighted by Gasteiger charge is 2.39. The Labute approximate surface area is 245 Å². The Morgan fingerprint density at radius 3 is 2.44 bits per heavy atom. The lowest BCUT2D eigenvalue weighted by molar-refractivity contribution is -0.139. The fourth-order valence-corrected chi connectivity index (χ4v) is 6.22. The zero-order valence-corrected chi connectivity index (χ0v) is 24.8. The first-order valence-corrected chi connectivity index (χ1v) is 14.3. The number of rotatable bonds is 5. The molecule has 0 spiro atoms. The monoisotopic (exact) mass is 588 g/mol. The van der Waals surface area contributed by atoms with Crippen LogP contribution in [-0.4, -0.2) is 34.1 Å². The van der Waals surface area contributed by atoms with Crippen LogP contribution in [0.4, 0.5) is 5.69 Å². The minimum absolute atomic E-state index is 0.0246. The number of thiazole rings is 1. The second-order valence-corrected chi connectivity index (χ2v) is 11.3. The minimum Gasteiger partial charge on any atom is -0.463 e. The second-order valence-electron chi connectivity index (χ2n) is 9.95. The van der Waals surface area contributed by atoms with Crippen LogP contribution in [0, 0.1) is 26.7 Å². The lowest BCUT2D eigenvalue weighted by Crippen LogP contribution is -2.58. The van der Waals surface area contributed by atoms with Crippen LogP contribution in [0.3, 0.4) is 0 Å². The van der Waals surface area contributed by atoms with E-state index < -0.39 is 35.3 Å². The molecule has 9 nitrogen and oxygen atoms in total. The van der Waals surface area contributed by atoms with Gasteiger partial charge in [0.05, 0.1) is 34.1 Å². The molecule has 2 atom stereocenters. The molecule has 0 aliphatic carbocycles. The first-order chi connectivity index (χ1) is 19.5. The molecular formula is C30H28N4O5S2. The fraction of sp³-hybridized carbons (Fsp3) is 0.267. The lowest BCUT2D eigenvalue weighted by Gasteiger charge is -2.31. The molecule has 2 aromatic carbocycles. The smallest absolute Gasteiger partial charge is 0.338 e. The minimum atomic E-state index is -1.30. The third-order valence-corrected chi connectivity index (χ3v) is 8.46. The Morgan fingerprint density at radius 2 is 1.78 bits per heavy atom. The summed E-state index contributed by atoms with van der Waals surface area (Å²) in [6, 6.07) is 12.2. The molecule has 0 radical (unpaired) electrons. The predicted molar refractivity (Wildman–Crippen MR) is 160 cm³/mol. The van der Waals surface area contributed by atoms with Crippen molar-refractivity contribution in [2.45, 2.75) is 40.7 Å². The average molecular weight is 589 g/mol. The van der Waals surface area contributed by atoms with Crippen molar-refractivity contribution in [3.05, 3.63) is 95.7 Å². The van der Waals surface area contributed by atoms with Gasteiger partial charge in [0.15, 0.2) is 9.91 Å². The van der Waals surface area contributed by atoms with Crippen LogP contribution in [0.2, 0.25) is 0 Å². The van der Waals surface area contributed by atoms with Crippen LogP contribution in [-0.2, 0) is 19.1 Å². The van der Waals surface area contributed by atoms with Crippen molar-refractivity contribution in [2.24, 2.45) is 10.9 Å². The van der Waals surface area contributed by atoms with Crippen molar-refractivity contribution < 1.29 is 19.1 Å². The number of thiocarbonyl (C=S) groups is 1. The van der Waals surface area contributed by atoms with Crippen LogP contribution >= 0.6 is 23.6 Å². The maximum atomic E-state index is 13.9. The van der Waals surface area contributed by atoms with Gasteiger partial charge in [0.25, 0.3) is 5.56 Å². The number of nitrogens with one attached hydrogen (secondary N) is 1. The Hall–Kier alpha value is -4.22. The zero-order chi connectivity index (χ0) is 29.6. The van der Waals surface area contributed by atoms with Crippen molar-refractivity contribution in [1.29, 1.82) is 0 Å². The molecule has 5 rings (SSSR count).